The summed E-state index contributed by atoms with van der Waals surface area (Å²) in [4.78, 5) is 40.8. The fourth-order valence-electron chi connectivity index (χ4n) is 4.23. The van der Waals surface area contributed by atoms with Crippen LogP contribution in [0.15, 0.2) is 54.6 Å². The SMILES string of the molecule is O=C(NCc1ccc(N2CCCC2=O)cc1)C1CCCN1C(=O)Cc1ccccc1. The summed E-state index contributed by atoms with van der Waals surface area (Å²) < 4.78 is 0. The third-order valence-corrected chi connectivity index (χ3v) is 5.86. The highest BCUT2D eigenvalue weighted by Gasteiger charge is 2.33. The van der Waals surface area contributed by atoms with Crippen molar-refractivity contribution < 1.29 is 14.4 Å². The van der Waals surface area contributed by atoms with Crippen molar-refractivity contribution in [2.75, 3.05) is 18.0 Å². The second kappa shape index (κ2) is 9.11. The van der Waals surface area contributed by atoms with Gasteiger partial charge in [-0.2, -0.15) is 0 Å². The molecular weight excluding hydrogens is 378 g/mol. The summed E-state index contributed by atoms with van der Waals surface area (Å²) >= 11 is 0. The Hall–Kier alpha value is -3.15. The highest BCUT2D eigenvalue weighted by Crippen LogP contribution is 2.22. The zero-order chi connectivity index (χ0) is 20.9. The molecular formula is C24H27N3O3. The van der Waals surface area contributed by atoms with E-state index in [4.69, 9.17) is 0 Å². The van der Waals surface area contributed by atoms with Crippen LogP contribution in [0.1, 0.15) is 36.8 Å². The number of hydrogen-bond donors (Lipinski definition) is 1. The first-order valence-corrected chi connectivity index (χ1v) is 10.6. The molecule has 2 aromatic rings. The Morgan fingerprint density at radius 3 is 2.40 bits per heavy atom. The monoisotopic (exact) mass is 405 g/mol. The molecule has 2 heterocycles. The molecule has 2 fully saturated rings. The number of carbonyl (C=O) groups is 3. The fourth-order valence-corrected chi connectivity index (χ4v) is 4.23. The van der Waals surface area contributed by atoms with Gasteiger partial charge < -0.3 is 15.1 Å². The van der Waals surface area contributed by atoms with Gasteiger partial charge in [0.15, 0.2) is 0 Å². The average molecular weight is 405 g/mol. The molecule has 0 aromatic heterocycles. The van der Waals surface area contributed by atoms with Crippen LogP contribution in [0.5, 0.6) is 0 Å². The zero-order valence-corrected chi connectivity index (χ0v) is 17.0. The Morgan fingerprint density at radius 2 is 1.70 bits per heavy atom. The first-order valence-electron chi connectivity index (χ1n) is 10.6. The maximum Gasteiger partial charge on any atom is 0.243 e. The van der Waals surface area contributed by atoms with E-state index in [-0.39, 0.29) is 17.7 Å². The lowest BCUT2D eigenvalue weighted by Gasteiger charge is -2.24. The molecule has 6 nitrogen and oxygen atoms in total. The summed E-state index contributed by atoms with van der Waals surface area (Å²) in [5.41, 5.74) is 2.84. The molecule has 6 heteroatoms. The van der Waals surface area contributed by atoms with Gasteiger partial charge in [-0.1, -0.05) is 42.5 Å². The Labute approximate surface area is 176 Å². The summed E-state index contributed by atoms with van der Waals surface area (Å²) in [6.45, 7) is 1.80. The summed E-state index contributed by atoms with van der Waals surface area (Å²) in [6.07, 6.45) is 3.37. The van der Waals surface area contributed by atoms with Crippen LogP contribution in [0, 0.1) is 0 Å². The number of hydrogen-bond acceptors (Lipinski definition) is 3. The van der Waals surface area contributed by atoms with Gasteiger partial charge in [-0.25, -0.2) is 0 Å². The van der Waals surface area contributed by atoms with Crippen LogP contribution < -0.4 is 10.2 Å². The average Bonchev–Trinajstić information content (AvgIpc) is 3.42. The van der Waals surface area contributed by atoms with Crippen molar-refractivity contribution in [1.29, 1.82) is 0 Å². The van der Waals surface area contributed by atoms with Gasteiger partial charge in [0.2, 0.25) is 17.7 Å². The van der Waals surface area contributed by atoms with Gasteiger partial charge in [0.25, 0.3) is 0 Å². The van der Waals surface area contributed by atoms with E-state index in [1.165, 1.54) is 0 Å². The molecule has 2 saturated heterocycles. The Morgan fingerprint density at radius 1 is 0.933 bits per heavy atom. The number of amides is 3. The van der Waals surface area contributed by atoms with Crippen LogP contribution in [0.3, 0.4) is 0 Å². The molecule has 0 spiro atoms. The highest BCUT2D eigenvalue weighted by molar-refractivity contribution is 5.95. The molecule has 1 atom stereocenters. The molecule has 0 saturated carbocycles. The molecule has 1 unspecified atom stereocenters. The van der Waals surface area contributed by atoms with E-state index in [2.05, 4.69) is 5.32 Å². The van der Waals surface area contributed by atoms with E-state index in [9.17, 15) is 14.4 Å². The minimum Gasteiger partial charge on any atom is -0.350 e. The first-order chi connectivity index (χ1) is 14.6. The Kier molecular flexibility index (Phi) is 6.12. The van der Waals surface area contributed by atoms with E-state index in [1.54, 1.807) is 9.80 Å². The fraction of sp³-hybridized carbons (Fsp3) is 0.375. The third kappa shape index (κ3) is 4.53. The summed E-state index contributed by atoms with van der Waals surface area (Å²) in [6, 6.07) is 17.0. The predicted octanol–water partition coefficient (Wildman–Crippen LogP) is 2.66. The largest absolute Gasteiger partial charge is 0.350 e. The van der Waals surface area contributed by atoms with Crippen molar-refractivity contribution in [3.8, 4) is 0 Å². The number of anilines is 1. The van der Waals surface area contributed by atoms with Gasteiger partial charge in [-0.3, -0.25) is 14.4 Å². The zero-order valence-electron chi connectivity index (χ0n) is 17.0. The lowest BCUT2D eigenvalue weighted by atomic mass is 10.1. The Bertz CT molecular complexity index is 911. The summed E-state index contributed by atoms with van der Waals surface area (Å²) in [5.74, 6) is 0.0590. The molecule has 2 aliphatic rings. The van der Waals surface area contributed by atoms with E-state index in [0.29, 0.717) is 32.4 Å². The molecule has 1 N–H and O–H groups in total. The molecule has 2 aliphatic heterocycles. The van der Waals surface area contributed by atoms with Gasteiger partial charge in [0, 0.05) is 31.7 Å². The second-order valence-electron chi connectivity index (χ2n) is 7.94. The van der Waals surface area contributed by atoms with Crippen LogP contribution in [-0.4, -0.2) is 41.8 Å². The number of carbonyl (C=O) groups excluding carboxylic acids is 3. The standard InChI is InChI=1S/C24H27N3O3/c28-22-9-5-14-26(22)20-12-10-19(11-13-20)17-25-24(30)21-8-4-15-27(21)23(29)16-18-6-2-1-3-7-18/h1-3,6-7,10-13,21H,4-5,8-9,14-17H2,(H,25,30). The van der Waals surface area contributed by atoms with Gasteiger partial charge >= 0.3 is 0 Å². The molecule has 0 aliphatic carbocycles. The first kappa shape index (κ1) is 20.1. The number of likely N-dealkylation sites (tertiary alicyclic amines) is 1. The van der Waals surface area contributed by atoms with Crippen molar-refractivity contribution in [3.63, 3.8) is 0 Å². The number of nitrogens with one attached hydrogen (secondary N) is 1. The van der Waals surface area contributed by atoms with Gasteiger partial charge in [-0.15, -0.1) is 0 Å². The summed E-state index contributed by atoms with van der Waals surface area (Å²) in [7, 11) is 0. The van der Waals surface area contributed by atoms with Crippen molar-refractivity contribution in [1.82, 2.24) is 10.2 Å². The Balaban J connectivity index is 1.31. The number of rotatable bonds is 6. The predicted molar refractivity (Wildman–Crippen MR) is 115 cm³/mol. The third-order valence-electron chi connectivity index (χ3n) is 5.86. The van der Waals surface area contributed by atoms with Gasteiger partial charge in [0.1, 0.15) is 6.04 Å². The quantitative estimate of drug-likeness (QED) is 0.803. The molecule has 2 aromatic carbocycles. The molecule has 156 valence electrons. The minimum atomic E-state index is -0.400. The van der Waals surface area contributed by atoms with E-state index in [1.807, 2.05) is 54.6 Å². The van der Waals surface area contributed by atoms with Crippen molar-refractivity contribution in [2.24, 2.45) is 0 Å². The van der Waals surface area contributed by atoms with Crippen molar-refractivity contribution in [2.45, 2.75) is 44.7 Å². The van der Waals surface area contributed by atoms with Crippen molar-refractivity contribution >= 4 is 23.4 Å². The normalized spacial score (nSPS) is 18.7. The number of nitrogens with zero attached hydrogens (tertiary/aromatic N) is 2. The maximum absolute atomic E-state index is 12.7. The number of benzene rings is 2. The van der Waals surface area contributed by atoms with Crippen LogP contribution >= 0.6 is 0 Å². The molecule has 4 rings (SSSR count). The van der Waals surface area contributed by atoms with E-state index >= 15 is 0 Å². The molecule has 0 radical (unpaired) electrons. The van der Waals surface area contributed by atoms with E-state index in [0.717, 1.165) is 36.2 Å². The molecule has 3 amide bonds. The second-order valence-corrected chi connectivity index (χ2v) is 7.94. The maximum atomic E-state index is 12.7. The molecule has 30 heavy (non-hydrogen) atoms. The highest BCUT2D eigenvalue weighted by atomic mass is 16.2. The topological polar surface area (TPSA) is 69.7 Å². The van der Waals surface area contributed by atoms with Crippen LogP contribution in [0.4, 0.5) is 5.69 Å². The lowest BCUT2D eigenvalue weighted by molar-refractivity contribution is -0.138. The van der Waals surface area contributed by atoms with Crippen molar-refractivity contribution in [3.05, 3.63) is 65.7 Å². The van der Waals surface area contributed by atoms with Gasteiger partial charge in [0.05, 0.1) is 6.42 Å². The lowest BCUT2D eigenvalue weighted by Crippen LogP contribution is -2.46. The molecule has 0 bridgehead atoms. The minimum absolute atomic E-state index is 0.00140. The van der Waals surface area contributed by atoms with Crippen LogP contribution in [-0.2, 0) is 27.3 Å². The van der Waals surface area contributed by atoms with Crippen LogP contribution in [0.25, 0.3) is 0 Å². The van der Waals surface area contributed by atoms with Crippen LogP contribution in [0.2, 0.25) is 0 Å². The summed E-state index contributed by atoms with van der Waals surface area (Å²) in [5, 5.41) is 2.97. The smallest absolute Gasteiger partial charge is 0.243 e. The van der Waals surface area contributed by atoms with Gasteiger partial charge in [-0.05, 0) is 42.5 Å². The van der Waals surface area contributed by atoms with E-state index < -0.39 is 6.04 Å².